The molecule has 7 heteroatoms. The second kappa shape index (κ2) is 7.92. The Hall–Kier alpha value is -2.18. The maximum absolute atomic E-state index is 5.00. The van der Waals surface area contributed by atoms with Crippen molar-refractivity contribution < 1.29 is 0 Å². The van der Waals surface area contributed by atoms with Gasteiger partial charge >= 0.3 is 0 Å². The molecule has 5 heterocycles. The van der Waals surface area contributed by atoms with Gasteiger partial charge in [-0.25, -0.2) is 9.50 Å². The lowest BCUT2D eigenvalue weighted by molar-refractivity contribution is 0.161. The Morgan fingerprint density at radius 1 is 1.07 bits per heavy atom. The first-order chi connectivity index (χ1) is 13.6. The van der Waals surface area contributed by atoms with Gasteiger partial charge < -0.3 is 10.2 Å². The molecular formula is C22H29ClN6. The molecule has 2 aliphatic rings. The van der Waals surface area contributed by atoms with E-state index in [1.807, 2.05) is 23.7 Å². The SMILES string of the molecule is Cc1cc(-c2c(C)nc3ccc(N4CCC5(CCCNC5)CC4)nn23)ccn1.Cl. The molecule has 0 amide bonds. The maximum atomic E-state index is 5.00. The highest BCUT2D eigenvalue weighted by Crippen LogP contribution is 2.38. The summed E-state index contributed by atoms with van der Waals surface area (Å²) < 4.78 is 2.01. The van der Waals surface area contributed by atoms with E-state index >= 15 is 0 Å². The Bertz CT molecular complexity index is 998. The third-order valence-corrected chi connectivity index (χ3v) is 6.52. The lowest BCUT2D eigenvalue weighted by atomic mass is 9.73. The summed E-state index contributed by atoms with van der Waals surface area (Å²) in [6.45, 7) is 8.60. The fourth-order valence-electron chi connectivity index (χ4n) is 4.89. The molecule has 5 rings (SSSR count). The van der Waals surface area contributed by atoms with Crippen LogP contribution in [0.2, 0.25) is 0 Å². The Morgan fingerprint density at radius 2 is 1.90 bits per heavy atom. The molecular weight excluding hydrogens is 384 g/mol. The minimum atomic E-state index is 0. The van der Waals surface area contributed by atoms with Crippen molar-refractivity contribution in [1.82, 2.24) is 24.9 Å². The number of nitrogens with one attached hydrogen (secondary N) is 1. The number of pyridine rings is 1. The van der Waals surface area contributed by atoms with Crippen LogP contribution in [-0.2, 0) is 0 Å². The fourth-order valence-corrected chi connectivity index (χ4v) is 4.89. The number of nitrogens with zero attached hydrogens (tertiary/aromatic N) is 5. The van der Waals surface area contributed by atoms with Crippen molar-refractivity contribution in [2.45, 2.75) is 39.5 Å². The molecule has 1 N–H and O–H groups in total. The number of imidazole rings is 1. The van der Waals surface area contributed by atoms with Crippen molar-refractivity contribution >= 4 is 23.9 Å². The third kappa shape index (κ3) is 3.71. The molecule has 2 aliphatic heterocycles. The van der Waals surface area contributed by atoms with Crippen LogP contribution in [0.15, 0.2) is 30.5 Å². The quantitative estimate of drug-likeness (QED) is 0.693. The summed E-state index contributed by atoms with van der Waals surface area (Å²) in [6.07, 6.45) is 7.04. The van der Waals surface area contributed by atoms with Crippen molar-refractivity contribution in [1.29, 1.82) is 0 Å². The van der Waals surface area contributed by atoms with Gasteiger partial charge in [-0.1, -0.05) is 0 Å². The van der Waals surface area contributed by atoms with Gasteiger partial charge in [0.05, 0.1) is 11.4 Å². The number of halogens is 1. The van der Waals surface area contributed by atoms with E-state index in [1.165, 1.54) is 38.8 Å². The Morgan fingerprint density at radius 3 is 2.62 bits per heavy atom. The second-order valence-corrected chi connectivity index (χ2v) is 8.46. The summed E-state index contributed by atoms with van der Waals surface area (Å²) in [7, 11) is 0. The molecule has 6 nitrogen and oxygen atoms in total. The Labute approximate surface area is 178 Å². The van der Waals surface area contributed by atoms with Gasteiger partial charge in [0.15, 0.2) is 5.65 Å². The lowest BCUT2D eigenvalue weighted by Crippen LogP contribution is -2.48. The zero-order valence-electron chi connectivity index (χ0n) is 17.2. The first-order valence-corrected chi connectivity index (χ1v) is 10.4. The number of anilines is 1. The van der Waals surface area contributed by atoms with E-state index in [1.54, 1.807) is 0 Å². The molecule has 0 radical (unpaired) electrons. The van der Waals surface area contributed by atoms with Gasteiger partial charge in [0.25, 0.3) is 0 Å². The minimum absolute atomic E-state index is 0. The lowest BCUT2D eigenvalue weighted by Gasteiger charge is -2.44. The zero-order chi connectivity index (χ0) is 19.1. The monoisotopic (exact) mass is 412 g/mol. The fraction of sp³-hybridized carbons (Fsp3) is 0.500. The molecule has 0 aromatic carbocycles. The topological polar surface area (TPSA) is 58.4 Å². The molecule has 2 fully saturated rings. The van der Waals surface area contributed by atoms with Crippen LogP contribution in [-0.4, -0.2) is 45.8 Å². The van der Waals surface area contributed by atoms with Gasteiger partial charge in [-0.05, 0) is 75.8 Å². The highest BCUT2D eigenvalue weighted by Gasteiger charge is 2.36. The summed E-state index contributed by atoms with van der Waals surface area (Å²) in [5.74, 6) is 1.05. The molecule has 0 aliphatic carbocycles. The maximum Gasteiger partial charge on any atom is 0.154 e. The number of aromatic nitrogens is 4. The molecule has 29 heavy (non-hydrogen) atoms. The summed E-state index contributed by atoms with van der Waals surface area (Å²) in [4.78, 5) is 11.5. The van der Waals surface area contributed by atoms with E-state index in [-0.39, 0.29) is 12.4 Å². The highest BCUT2D eigenvalue weighted by molar-refractivity contribution is 5.85. The first-order valence-electron chi connectivity index (χ1n) is 10.4. The average Bonchev–Trinajstić information content (AvgIpc) is 3.04. The third-order valence-electron chi connectivity index (χ3n) is 6.52. The molecule has 154 valence electrons. The molecule has 0 unspecified atom stereocenters. The Balaban J connectivity index is 0.00000205. The summed E-state index contributed by atoms with van der Waals surface area (Å²) in [5, 5.41) is 8.61. The van der Waals surface area contributed by atoms with Crippen molar-refractivity contribution in [2.24, 2.45) is 5.41 Å². The summed E-state index contributed by atoms with van der Waals surface area (Å²) in [5.41, 5.74) is 5.59. The van der Waals surface area contributed by atoms with Crippen molar-refractivity contribution in [3.05, 3.63) is 41.9 Å². The second-order valence-electron chi connectivity index (χ2n) is 8.46. The molecule has 0 bridgehead atoms. The van der Waals surface area contributed by atoms with Crippen LogP contribution in [0.1, 0.15) is 37.1 Å². The van der Waals surface area contributed by atoms with Gasteiger partial charge in [0.2, 0.25) is 0 Å². The van der Waals surface area contributed by atoms with Crippen LogP contribution in [0, 0.1) is 19.3 Å². The van der Waals surface area contributed by atoms with Gasteiger partial charge in [-0.2, -0.15) is 0 Å². The van der Waals surface area contributed by atoms with Gasteiger partial charge in [-0.15, -0.1) is 17.5 Å². The van der Waals surface area contributed by atoms with Crippen LogP contribution < -0.4 is 10.2 Å². The number of aryl methyl sites for hydroxylation is 2. The van der Waals surface area contributed by atoms with E-state index in [2.05, 4.69) is 40.3 Å². The van der Waals surface area contributed by atoms with Crippen LogP contribution >= 0.6 is 12.4 Å². The van der Waals surface area contributed by atoms with Crippen molar-refractivity contribution in [3.8, 4) is 11.3 Å². The number of hydrogen-bond acceptors (Lipinski definition) is 5. The van der Waals surface area contributed by atoms with E-state index in [4.69, 9.17) is 10.1 Å². The summed E-state index contributed by atoms with van der Waals surface area (Å²) >= 11 is 0. The van der Waals surface area contributed by atoms with Crippen LogP contribution in [0.4, 0.5) is 5.82 Å². The van der Waals surface area contributed by atoms with Crippen molar-refractivity contribution in [2.75, 3.05) is 31.1 Å². The molecule has 3 aromatic heterocycles. The smallest absolute Gasteiger partial charge is 0.154 e. The van der Waals surface area contributed by atoms with E-state index < -0.39 is 0 Å². The zero-order valence-corrected chi connectivity index (χ0v) is 18.0. The average molecular weight is 413 g/mol. The molecule has 1 spiro atoms. The standard InChI is InChI=1S/C22H28N6.ClH/c1-16-14-18(6-11-24-16)21-17(2)25-19-4-5-20(26-28(19)21)27-12-8-22(9-13-27)7-3-10-23-15-22;/h4-6,11,14,23H,3,7-10,12-13,15H2,1-2H3;1H. The van der Waals surface area contributed by atoms with Gasteiger partial charge in [0.1, 0.15) is 5.82 Å². The number of hydrogen-bond donors (Lipinski definition) is 1. The van der Waals surface area contributed by atoms with E-state index in [0.717, 1.165) is 47.2 Å². The molecule has 2 saturated heterocycles. The highest BCUT2D eigenvalue weighted by atomic mass is 35.5. The van der Waals surface area contributed by atoms with Gasteiger partial charge in [0, 0.05) is 37.1 Å². The minimum Gasteiger partial charge on any atom is -0.355 e. The number of piperidine rings is 2. The van der Waals surface area contributed by atoms with Crippen molar-refractivity contribution in [3.63, 3.8) is 0 Å². The summed E-state index contributed by atoms with van der Waals surface area (Å²) in [6, 6.07) is 8.37. The number of fused-ring (bicyclic) bond motifs is 1. The van der Waals surface area contributed by atoms with E-state index in [0.29, 0.717) is 5.41 Å². The molecule has 3 aromatic rings. The Kier molecular flexibility index (Phi) is 5.49. The van der Waals surface area contributed by atoms with Crippen LogP contribution in [0.3, 0.4) is 0 Å². The molecule has 0 saturated carbocycles. The predicted octanol–water partition coefficient (Wildman–Crippen LogP) is 3.80. The van der Waals surface area contributed by atoms with Crippen LogP contribution in [0.5, 0.6) is 0 Å². The van der Waals surface area contributed by atoms with E-state index in [9.17, 15) is 0 Å². The molecule has 0 atom stereocenters. The predicted molar refractivity (Wildman–Crippen MR) is 119 cm³/mol. The largest absolute Gasteiger partial charge is 0.355 e. The first kappa shape index (κ1) is 20.1. The number of rotatable bonds is 2. The van der Waals surface area contributed by atoms with Gasteiger partial charge in [-0.3, -0.25) is 4.98 Å². The normalized spacial score (nSPS) is 18.8. The van der Waals surface area contributed by atoms with Crippen LogP contribution in [0.25, 0.3) is 16.9 Å².